The summed E-state index contributed by atoms with van der Waals surface area (Å²) in [5.74, 6) is -0.177. The van der Waals surface area contributed by atoms with E-state index in [0.717, 1.165) is 16.5 Å². The van der Waals surface area contributed by atoms with E-state index in [1.165, 1.54) is 0 Å². The highest BCUT2D eigenvalue weighted by atomic mass is 19.1. The number of halogens is 1. The molecule has 0 aliphatic rings. The molecule has 0 radical (unpaired) electrons. The highest BCUT2D eigenvalue weighted by molar-refractivity contribution is 5.84. The summed E-state index contributed by atoms with van der Waals surface area (Å²) in [7, 11) is 0. The van der Waals surface area contributed by atoms with Gasteiger partial charge in [0.25, 0.3) is 0 Å². The van der Waals surface area contributed by atoms with Crippen molar-refractivity contribution in [1.29, 1.82) is 0 Å². The molecule has 0 amide bonds. The average molecular weight is 175 g/mol. The standard InChI is InChI=1S/C11H10FN/c1-7-6-10(12)8(2)11-9(7)4-3-5-13-11/h3-6H,1-2H3. The average Bonchev–Trinajstić information content (AvgIpc) is 2.15. The lowest BCUT2D eigenvalue weighted by molar-refractivity contribution is 0.619. The van der Waals surface area contributed by atoms with Gasteiger partial charge in [-0.3, -0.25) is 4.98 Å². The van der Waals surface area contributed by atoms with Crippen molar-refractivity contribution in [1.82, 2.24) is 4.98 Å². The SMILES string of the molecule is Cc1cc(F)c(C)c2ncccc12. The van der Waals surface area contributed by atoms with E-state index in [0.29, 0.717) is 5.56 Å². The van der Waals surface area contributed by atoms with Crippen LogP contribution in [0.25, 0.3) is 10.9 Å². The molecule has 0 N–H and O–H groups in total. The first-order valence-electron chi connectivity index (χ1n) is 4.20. The maximum atomic E-state index is 13.3. The molecule has 2 aromatic rings. The molecule has 13 heavy (non-hydrogen) atoms. The predicted molar refractivity (Wildman–Crippen MR) is 51.2 cm³/mol. The number of pyridine rings is 1. The Bertz CT molecular complexity index is 463. The Kier molecular flexibility index (Phi) is 1.76. The summed E-state index contributed by atoms with van der Waals surface area (Å²) in [5, 5.41) is 1.03. The topological polar surface area (TPSA) is 12.9 Å². The van der Waals surface area contributed by atoms with Crippen LogP contribution in [0.5, 0.6) is 0 Å². The van der Waals surface area contributed by atoms with Gasteiger partial charge in [-0.1, -0.05) is 6.07 Å². The molecule has 0 saturated carbocycles. The lowest BCUT2D eigenvalue weighted by Gasteiger charge is -2.04. The zero-order chi connectivity index (χ0) is 9.42. The predicted octanol–water partition coefficient (Wildman–Crippen LogP) is 2.99. The second-order valence-electron chi connectivity index (χ2n) is 3.20. The Labute approximate surface area is 76.2 Å². The molecule has 0 saturated heterocycles. The van der Waals surface area contributed by atoms with Gasteiger partial charge in [0.2, 0.25) is 0 Å². The molecule has 1 aromatic heterocycles. The Balaban J connectivity index is 2.97. The Hall–Kier alpha value is -1.44. The third-order valence-electron chi connectivity index (χ3n) is 2.29. The summed E-state index contributed by atoms with van der Waals surface area (Å²) in [4.78, 5) is 4.16. The van der Waals surface area contributed by atoms with Crippen LogP contribution in [-0.4, -0.2) is 4.98 Å². The number of rotatable bonds is 0. The first kappa shape index (κ1) is 8.17. The highest BCUT2D eigenvalue weighted by Gasteiger charge is 2.05. The fourth-order valence-electron chi connectivity index (χ4n) is 1.51. The van der Waals surface area contributed by atoms with E-state index in [1.54, 1.807) is 19.2 Å². The van der Waals surface area contributed by atoms with Crippen LogP contribution < -0.4 is 0 Å². The van der Waals surface area contributed by atoms with Crippen LogP contribution >= 0.6 is 0 Å². The first-order chi connectivity index (χ1) is 6.20. The molecule has 0 aliphatic carbocycles. The molecule has 2 heteroatoms. The molecule has 0 unspecified atom stereocenters. The zero-order valence-electron chi connectivity index (χ0n) is 7.63. The van der Waals surface area contributed by atoms with Gasteiger partial charge in [-0.15, -0.1) is 0 Å². The van der Waals surface area contributed by atoms with Gasteiger partial charge in [0.05, 0.1) is 5.52 Å². The second kappa shape index (κ2) is 2.80. The number of hydrogen-bond acceptors (Lipinski definition) is 1. The molecule has 1 aromatic carbocycles. The van der Waals surface area contributed by atoms with Crippen LogP contribution in [-0.2, 0) is 0 Å². The van der Waals surface area contributed by atoms with E-state index in [1.807, 2.05) is 19.1 Å². The van der Waals surface area contributed by atoms with Gasteiger partial charge >= 0.3 is 0 Å². The highest BCUT2D eigenvalue weighted by Crippen LogP contribution is 2.21. The van der Waals surface area contributed by atoms with Crippen molar-refractivity contribution in [3.63, 3.8) is 0 Å². The van der Waals surface area contributed by atoms with Crippen LogP contribution in [0.4, 0.5) is 4.39 Å². The maximum Gasteiger partial charge on any atom is 0.128 e. The molecule has 0 atom stereocenters. The van der Waals surface area contributed by atoms with Gasteiger partial charge in [-0.2, -0.15) is 0 Å². The molecule has 2 rings (SSSR count). The lowest BCUT2D eigenvalue weighted by atomic mass is 10.1. The number of aromatic nitrogens is 1. The number of hydrogen-bond donors (Lipinski definition) is 0. The molecule has 66 valence electrons. The third kappa shape index (κ3) is 1.18. The molecule has 0 aliphatic heterocycles. The van der Waals surface area contributed by atoms with Gasteiger partial charge in [0, 0.05) is 17.1 Å². The number of fused-ring (bicyclic) bond motifs is 1. The Morgan fingerprint density at radius 1 is 1.31 bits per heavy atom. The summed E-state index contributed by atoms with van der Waals surface area (Å²) in [6, 6.07) is 5.39. The molecular weight excluding hydrogens is 165 g/mol. The van der Waals surface area contributed by atoms with Crippen molar-refractivity contribution in [2.45, 2.75) is 13.8 Å². The zero-order valence-corrected chi connectivity index (χ0v) is 7.63. The van der Waals surface area contributed by atoms with Crippen LogP contribution in [0.3, 0.4) is 0 Å². The molecule has 1 nitrogen and oxygen atoms in total. The van der Waals surface area contributed by atoms with Gasteiger partial charge in [-0.25, -0.2) is 4.39 Å². The summed E-state index contributed by atoms with van der Waals surface area (Å²) in [5.41, 5.74) is 2.33. The van der Waals surface area contributed by atoms with Gasteiger partial charge in [-0.05, 0) is 31.5 Å². The van der Waals surface area contributed by atoms with Crippen LogP contribution in [0.1, 0.15) is 11.1 Å². The van der Waals surface area contributed by atoms with Crippen molar-refractivity contribution in [2.24, 2.45) is 0 Å². The van der Waals surface area contributed by atoms with Crippen molar-refractivity contribution in [2.75, 3.05) is 0 Å². The van der Waals surface area contributed by atoms with Gasteiger partial charge < -0.3 is 0 Å². The molecule has 0 spiro atoms. The number of aryl methyl sites for hydroxylation is 2. The molecule has 1 heterocycles. The van der Waals surface area contributed by atoms with Crippen molar-refractivity contribution in [3.05, 3.63) is 41.3 Å². The van der Waals surface area contributed by atoms with Crippen LogP contribution in [0.2, 0.25) is 0 Å². The largest absolute Gasteiger partial charge is 0.256 e. The van der Waals surface area contributed by atoms with Crippen molar-refractivity contribution >= 4 is 10.9 Å². The quantitative estimate of drug-likeness (QED) is 0.599. The third-order valence-corrected chi connectivity index (χ3v) is 2.29. The minimum atomic E-state index is -0.177. The summed E-state index contributed by atoms with van der Waals surface area (Å²) in [6.07, 6.45) is 1.69. The van der Waals surface area contributed by atoms with Gasteiger partial charge in [0.1, 0.15) is 5.82 Å². The van der Waals surface area contributed by atoms with Crippen molar-refractivity contribution in [3.8, 4) is 0 Å². The normalized spacial score (nSPS) is 10.7. The molecule has 0 bridgehead atoms. The minimum absolute atomic E-state index is 0.177. The smallest absolute Gasteiger partial charge is 0.128 e. The van der Waals surface area contributed by atoms with Crippen LogP contribution in [0.15, 0.2) is 24.4 Å². The lowest BCUT2D eigenvalue weighted by Crippen LogP contribution is -1.90. The summed E-state index contributed by atoms with van der Waals surface area (Å²) in [6.45, 7) is 3.65. The fourth-order valence-corrected chi connectivity index (χ4v) is 1.51. The van der Waals surface area contributed by atoms with E-state index >= 15 is 0 Å². The summed E-state index contributed by atoms with van der Waals surface area (Å²) < 4.78 is 13.3. The van der Waals surface area contributed by atoms with E-state index in [4.69, 9.17) is 0 Å². The maximum absolute atomic E-state index is 13.3. The van der Waals surface area contributed by atoms with Crippen LogP contribution in [0, 0.1) is 19.7 Å². The van der Waals surface area contributed by atoms with E-state index < -0.39 is 0 Å². The second-order valence-corrected chi connectivity index (χ2v) is 3.20. The Morgan fingerprint density at radius 3 is 2.85 bits per heavy atom. The van der Waals surface area contributed by atoms with Crippen molar-refractivity contribution < 1.29 is 4.39 Å². The fraction of sp³-hybridized carbons (Fsp3) is 0.182. The monoisotopic (exact) mass is 175 g/mol. The summed E-state index contributed by atoms with van der Waals surface area (Å²) >= 11 is 0. The molecular formula is C11H10FN. The van der Waals surface area contributed by atoms with Gasteiger partial charge in [0.15, 0.2) is 0 Å². The number of benzene rings is 1. The van der Waals surface area contributed by atoms with E-state index in [-0.39, 0.29) is 5.82 Å². The Morgan fingerprint density at radius 2 is 2.08 bits per heavy atom. The van der Waals surface area contributed by atoms with E-state index in [2.05, 4.69) is 4.98 Å². The minimum Gasteiger partial charge on any atom is -0.256 e. The first-order valence-corrected chi connectivity index (χ1v) is 4.20. The van der Waals surface area contributed by atoms with E-state index in [9.17, 15) is 4.39 Å². The molecule has 0 fully saturated rings. The number of nitrogens with zero attached hydrogens (tertiary/aromatic N) is 1.